The van der Waals surface area contributed by atoms with E-state index >= 15 is 0 Å². The van der Waals surface area contributed by atoms with Crippen LogP contribution in [0.5, 0.6) is 5.75 Å². The summed E-state index contributed by atoms with van der Waals surface area (Å²) in [4.78, 5) is 18.9. The average molecular weight is 402 g/mol. The molecule has 0 spiro atoms. The van der Waals surface area contributed by atoms with Gasteiger partial charge in [-0.15, -0.1) is 0 Å². The molecule has 154 valence electrons. The number of H-pyrrole nitrogens is 1. The zero-order valence-electron chi connectivity index (χ0n) is 17.4. The molecule has 0 saturated heterocycles. The Labute approximate surface area is 176 Å². The van der Waals surface area contributed by atoms with Crippen LogP contribution < -0.4 is 10.6 Å². The van der Waals surface area contributed by atoms with E-state index in [9.17, 15) is 9.90 Å². The van der Waals surface area contributed by atoms with Crippen LogP contribution in [0.1, 0.15) is 34.9 Å². The molecule has 6 nitrogen and oxygen atoms in total. The first-order valence-corrected chi connectivity index (χ1v) is 9.64. The minimum absolute atomic E-state index is 0.156. The summed E-state index contributed by atoms with van der Waals surface area (Å²) in [5.74, 6) is 0.0865. The van der Waals surface area contributed by atoms with Gasteiger partial charge in [0, 0.05) is 30.1 Å². The van der Waals surface area contributed by atoms with Crippen molar-refractivity contribution in [1.29, 1.82) is 0 Å². The lowest BCUT2D eigenvalue weighted by atomic mass is 9.99. The highest BCUT2D eigenvalue weighted by Gasteiger charge is 2.10. The third kappa shape index (κ3) is 5.17. The van der Waals surface area contributed by atoms with Gasteiger partial charge in [0.1, 0.15) is 5.75 Å². The van der Waals surface area contributed by atoms with Gasteiger partial charge in [0.15, 0.2) is 0 Å². The van der Waals surface area contributed by atoms with E-state index < -0.39 is 0 Å². The van der Waals surface area contributed by atoms with Gasteiger partial charge in [-0.3, -0.25) is 4.79 Å². The Hall–Kier alpha value is -3.80. The van der Waals surface area contributed by atoms with E-state index in [1.807, 2.05) is 50.3 Å². The number of hydrogen-bond acceptors (Lipinski definition) is 4. The van der Waals surface area contributed by atoms with Crippen LogP contribution in [-0.4, -0.2) is 21.0 Å². The average Bonchev–Trinajstić information content (AvgIpc) is 3.21. The van der Waals surface area contributed by atoms with Gasteiger partial charge >= 0.3 is 0 Å². The van der Waals surface area contributed by atoms with E-state index in [2.05, 4.69) is 27.2 Å². The van der Waals surface area contributed by atoms with Crippen LogP contribution in [0.25, 0.3) is 11.3 Å². The molecule has 0 atom stereocenters. The Morgan fingerprint density at radius 2 is 2.00 bits per heavy atom. The van der Waals surface area contributed by atoms with E-state index in [4.69, 9.17) is 0 Å². The van der Waals surface area contributed by atoms with Crippen molar-refractivity contribution >= 4 is 22.9 Å². The molecule has 1 aromatic heterocycles. The van der Waals surface area contributed by atoms with E-state index in [0.717, 1.165) is 39.2 Å². The van der Waals surface area contributed by atoms with Gasteiger partial charge in [-0.1, -0.05) is 18.7 Å². The van der Waals surface area contributed by atoms with Crippen LogP contribution in [0, 0.1) is 13.8 Å². The van der Waals surface area contributed by atoms with Crippen molar-refractivity contribution < 1.29 is 9.90 Å². The maximum Gasteiger partial charge on any atom is 0.221 e. The van der Waals surface area contributed by atoms with E-state index in [0.29, 0.717) is 12.2 Å². The number of phenolic OH excluding ortho intramolecular Hbond substituents is 1. The first-order valence-electron chi connectivity index (χ1n) is 9.64. The number of rotatable bonds is 7. The minimum Gasteiger partial charge on any atom is -0.508 e. The summed E-state index contributed by atoms with van der Waals surface area (Å²) in [5.41, 5.74) is 6.96. The van der Waals surface area contributed by atoms with E-state index in [-0.39, 0.29) is 11.7 Å². The second kappa shape index (κ2) is 9.13. The zero-order valence-corrected chi connectivity index (χ0v) is 17.4. The lowest BCUT2D eigenvalue weighted by Crippen LogP contribution is -2.19. The van der Waals surface area contributed by atoms with Crippen LogP contribution in [0.3, 0.4) is 0 Å². The molecule has 1 heterocycles. The second-order valence-corrected chi connectivity index (χ2v) is 7.23. The molecule has 0 bridgehead atoms. The van der Waals surface area contributed by atoms with Crippen molar-refractivity contribution in [1.82, 2.24) is 15.3 Å². The smallest absolute Gasteiger partial charge is 0.221 e. The molecule has 0 saturated carbocycles. The summed E-state index contributed by atoms with van der Waals surface area (Å²) >= 11 is 0. The number of hydrogen-bond donors (Lipinski definition) is 4. The number of allylic oxidation sites excluding steroid dienone is 2. The Kier molecular flexibility index (Phi) is 6.37. The number of anilines is 1. The van der Waals surface area contributed by atoms with Crippen LogP contribution in [-0.2, 0) is 11.3 Å². The largest absolute Gasteiger partial charge is 0.508 e. The normalized spacial score (nSPS) is 11.2. The molecule has 0 aliphatic heterocycles. The molecule has 0 radical (unpaired) electrons. The molecular formula is C24H26N4O2. The topological polar surface area (TPSA) is 90.0 Å². The third-order valence-corrected chi connectivity index (χ3v) is 4.75. The summed E-state index contributed by atoms with van der Waals surface area (Å²) in [7, 11) is 0. The summed E-state index contributed by atoms with van der Waals surface area (Å²) < 4.78 is 0. The molecule has 0 fully saturated rings. The third-order valence-electron chi connectivity index (χ3n) is 4.75. The highest BCUT2D eigenvalue weighted by atomic mass is 16.3. The lowest BCUT2D eigenvalue weighted by Gasteiger charge is -2.15. The first kappa shape index (κ1) is 20.9. The van der Waals surface area contributed by atoms with Crippen molar-refractivity contribution in [3.8, 4) is 5.75 Å². The molecule has 0 aliphatic carbocycles. The van der Waals surface area contributed by atoms with Gasteiger partial charge in [-0.25, -0.2) is 4.98 Å². The molecule has 1 amide bonds. The van der Waals surface area contributed by atoms with Crippen LogP contribution in [0.15, 0.2) is 61.6 Å². The number of amides is 1. The monoisotopic (exact) mass is 402 g/mol. The van der Waals surface area contributed by atoms with Crippen molar-refractivity contribution in [3.63, 3.8) is 0 Å². The Bertz CT molecular complexity index is 1100. The van der Waals surface area contributed by atoms with Crippen LogP contribution in [0.4, 0.5) is 5.69 Å². The molecule has 6 heteroatoms. The fourth-order valence-corrected chi connectivity index (χ4v) is 3.14. The first-order chi connectivity index (χ1) is 14.3. The van der Waals surface area contributed by atoms with Crippen molar-refractivity contribution in [2.24, 2.45) is 0 Å². The van der Waals surface area contributed by atoms with Crippen molar-refractivity contribution in [2.45, 2.75) is 27.3 Å². The summed E-state index contributed by atoms with van der Waals surface area (Å²) in [6.45, 7) is 10.1. The van der Waals surface area contributed by atoms with Crippen LogP contribution >= 0.6 is 0 Å². The number of imidazole rings is 1. The standard InChI is InChI=1S/C24H26N4O2/c1-15(19-5-8-24(30)17(3)9-19)11-23(28-18(4)29)22-7-6-20(10-16(22)2)26-13-21-12-25-14-27-21/h5-12,14,26,30H,1,13H2,2-4H3,(H,25,27)(H,28,29)/b23-11-. The Balaban J connectivity index is 1.86. The van der Waals surface area contributed by atoms with E-state index in [1.165, 1.54) is 6.92 Å². The molecule has 4 N–H and O–H groups in total. The predicted molar refractivity (Wildman–Crippen MR) is 121 cm³/mol. The minimum atomic E-state index is -0.156. The van der Waals surface area contributed by atoms with Gasteiger partial charge in [0.2, 0.25) is 5.91 Å². The van der Waals surface area contributed by atoms with Gasteiger partial charge < -0.3 is 20.7 Å². The maximum absolute atomic E-state index is 11.8. The molecule has 0 aliphatic rings. The van der Waals surface area contributed by atoms with Gasteiger partial charge in [0.05, 0.1) is 18.6 Å². The molecule has 30 heavy (non-hydrogen) atoms. The fraction of sp³-hybridized carbons (Fsp3) is 0.167. The maximum atomic E-state index is 11.8. The lowest BCUT2D eigenvalue weighted by molar-refractivity contribution is -0.117. The highest BCUT2D eigenvalue weighted by Crippen LogP contribution is 2.27. The van der Waals surface area contributed by atoms with Crippen LogP contribution in [0.2, 0.25) is 0 Å². The van der Waals surface area contributed by atoms with Crippen molar-refractivity contribution in [2.75, 3.05) is 5.32 Å². The highest BCUT2D eigenvalue weighted by molar-refractivity contribution is 5.91. The summed E-state index contributed by atoms with van der Waals surface area (Å²) in [6.07, 6.45) is 5.29. The predicted octanol–water partition coefficient (Wildman–Crippen LogP) is 4.53. The number of aryl methyl sites for hydroxylation is 2. The second-order valence-electron chi connectivity index (χ2n) is 7.23. The number of carbonyl (C=O) groups excluding carboxylic acids is 1. The van der Waals surface area contributed by atoms with Crippen molar-refractivity contribution in [3.05, 3.63) is 89.5 Å². The SMILES string of the molecule is C=C(/C=C(\NC(C)=O)c1ccc(NCc2cnc[nH]2)cc1C)c1ccc(O)c(C)c1. The fourth-order valence-electron chi connectivity index (χ4n) is 3.14. The number of phenols is 1. The quantitative estimate of drug-likeness (QED) is 0.437. The Morgan fingerprint density at radius 3 is 2.63 bits per heavy atom. The number of carbonyl (C=O) groups is 1. The van der Waals surface area contributed by atoms with Gasteiger partial charge in [-0.05, 0) is 66.5 Å². The Morgan fingerprint density at radius 1 is 1.20 bits per heavy atom. The number of nitrogens with zero attached hydrogens (tertiary/aromatic N) is 1. The number of benzene rings is 2. The van der Waals surface area contributed by atoms with E-state index in [1.54, 1.807) is 18.6 Å². The number of nitrogens with one attached hydrogen (secondary N) is 3. The number of aromatic nitrogens is 2. The molecule has 0 unspecified atom stereocenters. The molecule has 3 rings (SSSR count). The van der Waals surface area contributed by atoms with Gasteiger partial charge in [-0.2, -0.15) is 0 Å². The molecular weight excluding hydrogens is 376 g/mol. The number of aromatic hydroxyl groups is 1. The number of aromatic amines is 1. The zero-order chi connectivity index (χ0) is 21.7. The molecule has 2 aromatic carbocycles. The molecule has 3 aromatic rings. The van der Waals surface area contributed by atoms with Gasteiger partial charge in [0.25, 0.3) is 0 Å². The summed E-state index contributed by atoms with van der Waals surface area (Å²) in [6, 6.07) is 11.3. The summed E-state index contributed by atoms with van der Waals surface area (Å²) in [5, 5.41) is 16.0.